The van der Waals surface area contributed by atoms with Gasteiger partial charge >= 0.3 is 0 Å². The van der Waals surface area contributed by atoms with E-state index in [1.54, 1.807) is 0 Å². The molecule has 0 radical (unpaired) electrons. The van der Waals surface area contributed by atoms with E-state index in [9.17, 15) is 0 Å². The Morgan fingerprint density at radius 1 is 0.233 bits per heavy atom. The molecule has 13 aromatic carbocycles. The van der Waals surface area contributed by atoms with Gasteiger partial charge in [-0.25, -0.2) is 0 Å². The molecule has 0 fully saturated rings. The molecule has 3 aliphatic carbocycles. The van der Waals surface area contributed by atoms with E-state index < -0.39 is 0 Å². The number of benzene rings is 13. The highest BCUT2D eigenvalue weighted by atomic mass is 14.4. The van der Waals surface area contributed by atoms with Crippen molar-refractivity contribution in [2.45, 2.75) is 33.1 Å². The highest BCUT2D eigenvalue weighted by Gasteiger charge is 2.40. The summed E-state index contributed by atoms with van der Waals surface area (Å²) in [6, 6.07) is 83.4. The maximum absolute atomic E-state index is 2.60. The Kier molecular flexibility index (Phi) is 8.19. The molecule has 0 nitrogen and oxygen atoms in total. The Morgan fingerprint density at radius 3 is 1.12 bits per heavy atom. The zero-order valence-electron chi connectivity index (χ0n) is 41.3. The van der Waals surface area contributed by atoms with Gasteiger partial charge in [-0.3, -0.25) is 0 Å². The zero-order chi connectivity index (χ0) is 48.4. The predicted octanol–water partition coefficient (Wildman–Crippen LogP) is 20.3. The van der Waals surface area contributed by atoms with Gasteiger partial charge in [0.25, 0.3) is 0 Å². The quantitative estimate of drug-likeness (QED) is 0.165. The van der Waals surface area contributed by atoms with Crippen LogP contribution >= 0.6 is 0 Å². The van der Waals surface area contributed by atoms with Crippen molar-refractivity contribution in [1.82, 2.24) is 0 Å². The molecule has 0 saturated heterocycles. The largest absolute Gasteiger partial charge is 0.0622 e. The molecule has 0 spiro atoms. The molecule has 340 valence electrons. The van der Waals surface area contributed by atoms with Crippen molar-refractivity contribution in [3.8, 4) is 100 Å². The van der Waals surface area contributed by atoms with Crippen molar-refractivity contribution >= 4 is 53.9 Å². The Bertz CT molecular complexity index is 4500. The van der Waals surface area contributed by atoms with Crippen LogP contribution in [-0.2, 0) is 5.41 Å². The van der Waals surface area contributed by atoms with Crippen LogP contribution in [0.25, 0.3) is 154 Å². The molecular weight excluding hydrogens is 877 g/mol. The van der Waals surface area contributed by atoms with Crippen LogP contribution in [0.5, 0.6) is 0 Å². The van der Waals surface area contributed by atoms with Gasteiger partial charge in [0.2, 0.25) is 0 Å². The second-order valence-electron chi connectivity index (χ2n) is 21.5. The molecule has 0 amide bonds. The minimum absolute atomic E-state index is 0.294. The summed E-state index contributed by atoms with van der Waals surface area (Å²) in [4.78, 5) is 0. The number of rotatable bonds is 4. The van der Waals surface area contributed by atoms with E-state index in [1.807, 2.05) is 0 Å². The molecule has 0 atom stereocenters. The van der Waals surface area contributed by atoms with Gasteiger partial charge in [-0.15, -0.1) is 0 Å². The molecule has 0 saturated carbocycles. The van der Waals surface area contributed by atoms with Crippen LogP contribution in [0.1, 0.15) is 36.1 Å². The smallest absolute Gasteiger partial charge is 0.0159 e. The SMILES string of the molecule is Cc1ccc2c3c(cc(-c4ccc5c6c(cccc46)-c4ccccc4-5)c2c1)C(C)(C)c1cc(-c2ccc4c5c(cccc25)-c2c-4c(-c4ccccc4)c4ccccc4c2-c2ccccc2)c2cc(C)ccc2c1-3. The van der Waals surface area contributed by atoms with Crippen molar-refractivity contribution in [2.24, 2.45) is 0 Å². The van der Waals surface area contributed by atoms with E-state index in [2.05, 4.69) is 246 Å². The normalized spacial score (nSPS) is 13.3. The van der Waals surface area contributed by atoms with Crippen molar-refractivity contribution in [1.29, 1.82) is 0 Å². The average molecular weight is 925 g/mol. The fourth-order valence-electron chi connectivity index (χ4n) is 14.1. The van der Waals surface area contributed by atoms with Gasteiger partial charge in [0, 0.05) is 5.41 Å². The lowest BCUT2D eigenvalue weighted by atomic mass is 9.78. The zero-order valence-corrected chi connectivity index (χ0v) is 41.3. The van der Waals surface area contributed by atoms with Crippen molar-refractivity contribution in [3.63, 3.8) is 0 Å². The van der Waals surface area contributed by atoms with Crippen molar-refractivity contribution in [2.75, 3.05) is 0 Å². The van der Waals surface area contributed by atoms with Gasteiger partial charge in [0.05, 0.1) is 0 Å². The lowest BCUT2D eigenvalue weighted by molar-refractivity contribution is 0.661. The Balaban J connectivity index is 0.957. The van der Waals surface area contributed by atoms with Crippen LogP contribution in [0, 0.1) is 13.8 Å². The maximum Gasteiger partial charge on any atom is 0.0159 e. The van der Waals surface area contributed by atoms with Crippen LogP contribution < -0.4 is 0 Å². The number of hydrogen-bond acceptors (Lipinski definition) is 0. The number of fused-ring (bicyclic) bond motifs is 14. The Hall–Kier alpha value is -8.84. The Morgan fingerprint density at radius 2 is 0.603 bits per heavy atom. The fraction of sp³-hybridized carbons (Fsp3) is 0.0685. The van der Waals surface area contributed by atoms with E-state index in [0.717, 1.165) is 0 Å². The second-order valence-corrected chi connectivity index (χ2v) is 21.5. The monoisotopic (exact) mass is 924 g/mol. The van der Waals surface area contributed by atoms with Crippen molar-refractivity contribution < 1.29 is 0 Å². The van der Waals surface area contributed by atoms with Gasteiger partial charge in [-0.05, 0) is 191 Å². The highest BCUT2D eigenvalue weighted by molar-refractivity contribution is 6.30. The van der Waals surface area contributed by atoms with Gasteiger partial charge in [-0.1, -0.05) is 231 Å². The summed E-state index contributed by atoms with van der Waals surface area (Å²) in [6.45, 7) is 9.44. The third-order valence-electron chi connectivity index (χ3n) is 17.2. The summed E-state index contributed by atoms with van der Waals surface area (Å²) < 4.78 is 0. The van der Waals surface area contributed by atoms with Gasteiger partial charge in [0.15, 0.2) is 0 Å². The average Bonchev–Trinajstić information content (AvgIpc) is 4.02. The van der Waals surface area contributed by atoms with E-state index in [0.29, 0.717) is 0 Å². The molecule has 0 heterocycles. The van der Waals surface area contributed by atoms with Crippen LogP contribution in [0.2, 0.25) is 0 Å². The summed E-state index contributed by atoms with van der Waals surface area (Å²) in [5.74, 6) is 0. The lowest BCUT2D eigenvalue weighted by Crippen LogP contribution is -2.15. The highest BCUT2D eigenvalue weighted by Crippen LogP contribution is 2.61. The fourth-order valence-corrected chi connectivity index (χ4v) is 14.1. The molecule has 0 unspecified atom stereocenters. The summed E-state index contributed by atoms with van der Waals surface area (Å²) in [7, 11) is 0. The summed E-state index contributed by atoms with van der Waals surface area (Å²) in [6.07, 6.45) is 0. The molecule has 16 rings (SSSR count). The third kappa shape index (κ3) is 5.40. The van der Waals surface area contributed by atoms with Gasteiger partial charge < -0.3 is 0 Å². The van der Waals surface area contributed by atoms with Crippen LogP contribution in [0.4, 0.5) is 0 Å². The van der Waals surface area contributed by atoms with E-state index in [-0.39, 0.29) is 5.41 Å². The molecule has 3 aliphatic rings. The number of aryl methyl sites for hydroxylation is 2. The standard InChI is InChI=1S/C73H48/c1-41-29-31-55-59(37-41)61(47-33-35-54-46-22-12-11-21-45(46)49-25-15-26-50(47)67(49)54)39-63-69(55)70-56-32-30-42(2)38-60(56)62(40-64(70)73(63,3)4)48-34-36-58-68-51(48)27-16-28-57(68)71-65(43-17-7-5-8-18-43)52-23-13-14-24-53(52)66(72(58)71)44-19-9-6-10-20-44/h5-40H,1-4H3. The predicted molar refractivity (Wildman–Crippen MR) is 312 cm³/mol. The van der Waals surface area contributed by atoms with Crippen LogP contribution in [0.15, 0.2) is 218 Å². The number of hydrogen-bond donors (Lipinski definition) is 0. The molecule has 0 N–H and O–H groups in total. The first-order valence-electron chi connectivity index (χ1n) is 25.9. The molecule has 73 heavy (non-hydrogen) atoms. The first-order valence-corrected chi connectivity index (χ1v) is 25.9. The van der Waals surface area contributed by atoms with Gasteiger partial charge in [-0.2, -0.15) is 0 Å². The first kappa shape index (κ1) is 40.8. The molecule has 0 heteroatoms. The second kappa shape index (κ2) is 14.6. The minimum Gasteiger partial charge on any atom is -0.0622 e. The molecule has 13 aromatic rings. The summed E-state index contributed by atoms with van der Waals surface area (Å²) in [5.41, 5.74) is 28.7. The molecule has 0 bridgehead atoms. The molecular formula is C73H48. The van der Waals surface area contributed by atoms with Crippen LogP contribution in [0.3, 0.4) is 0 Å². The summed E-state index contributed by atoms with van der Waals surface area (Å²) in [5, 5.41) is 13.1. The lowest BCUT2D eigenvalue weighted by Gasteiger charge is -2.24. The molecule has 0 aliphatic heterocycles. The minimum atomic E-state index is -0.294. The topological polar surface area (TPSA) is 0 Å². The van der Waals surface area contributed by atoms with Gasteiger partial charge in [0.1, 0.15) is 0 Å². The summed E-state index contributed by atoms with van der Waals surface area (Å²) >= 11 is 0. The first-order chi connectivity index (χ1) is 35.8. The van der Waals surface area contributed by atoms with Crippen molar-refractivity contribution in [3.05, 3.63) is 241 Å². The van der Waals surface area contributed by atoms with Crippen LogP contribution in [-0.4, -0.2) is 0 Å². The Labute approximate surface area is 425 Å². The maximum atomic E-state index is 2.60. The van der Waals surface area contributed by atoms with E-state index in [1.165, 1.54) is 176 Å². The third-order valence-corrected chi connectivity index (χ3v) is 17.2. The van der Waals surface area contributed by atoms with E-state index in [4.69, 9.17) is 0 Å². The molecule has 0 aromatic heterocycles. The van der Waals surface area contributed by atoms with E-state index >= 15 is 0 Å².